The fourth-order valence-corrected chi connectivity index (χ4v) is 4.14. The summed E-state index contributed by atoms with van der Waals surface area (Å²) in [5, 5.41) is 8.12. The van der Waals surface area contributed by atoms with Gasteiger partial charge in [0.15, 0.2) is 0 Å². The van der Waals surface area contributed by atoms with Crippen LogP contribution in [0.25, 0.3) is 0 Å². The second-order valence-corrected chi connectivity index (χ2v) is 8.95. The van der Waals surface area contributed by atoms with Crippen molar-refractivity contribution in [1.29, 1.82) is 0 Å². The zero-order valence-electron chi connectivity index (χ0n) is 20.5. The molecule has 3 amide bonds. The van der Waals surface area contributed by atoms with E-state index in [4.69, 9.17) is 0 Å². The van der Waals surface area contributed by atoms with Crippen LogP contribution in [0.3, 0.4) is 0 Å². The van der Waals surface area contributed by atoms with Crippen molar-refractivity contribution in [3.63, 3.8) is 0 Å². The Labute approximate surface area is 218 Å². The number of halogens is 3. The maximum absolute atomic E-state index is 12.9. The van der Waals surface area contributed by atoms with Crippen LogP contribution in [0.15, 0.2) is 72.8 Å². The number of amides is 3. The second kappa shape index (κ2) is 11.8. The molecule has 0 aromatic heterocycles. The summed E-state index contributed by atoms with van der Waals surface area (Å²) in [5.74, 6) is -1.03. The smallest absolute Gasteiger partial charge is 0.376 e. The van der Waals surface area contributed by atoms with Crippen LogP contribution in [-0.4, -0.2) is 42.3 Å². The number of benzene rings is 3. The molecule has 3 N–H and O–H groups in total. The lowest BCUT2D eigenvalue weighted by Crippen LogP contribution is -2.35. The minimum atomic E-state index is -4.52. The first-order valence-electron chi connectivity index (χ1n) is 12.2. The number of hydrogen-bond acceptors (Lipinski definition) is 4. The maximum atomic E-state index is 12.9. The van der Waals surface area contributed by atoms with Crippen LogP contribution >= 0.6 is 0 Å². The number of hydrogen-bond donors (Lipinski definition) is 3. The quantitative estimate of drug-likeness (QED) is 0.374. The Hall–Kier alpha value is -4.34. The molecule has 0 bridgehead atoms. The molecule has 7 nitrogen and oxygen atoms in total. The number of carbonyl (C=O) groups is 3. The van der Waals surface area contributed by atoms with Crippen molar-refractivity contribution in [1.82, 2.24) is 4.90 Å². The zero-order valence-corrected chi connectivity index (χ0v) is 20.5. The highest BCUT2D eigenvalue weighted by Crippen LogP contribution is 2.30. The van der Waals surface area contributed by atoms with Crippen LogP contribution in [0.4, 0.5) is 30.2 Å². The molecule has 10 heteroatoms. The maximum Gasteiger partial charge on any atom is 0.416 e. The zero-order chi connectivity index (χ0) is 27.1. The van der Waals surface area contributed by atoms with Crippen LogP contribution in [0, 0.1) is 0 Å². The SMILES string of the molecule is O=C(CNc1cccc(C(=O)N2CCCCC2)c1)Nc1cccc(C(=O)Nc2cccc(C(F)(F)F)c2)c1. The van der Waals surface area contributed by atoms with Gasteiger partial charge in [0.25, 0.3) is 11.8 Å². The number of carbonyl (C=O) groups excluding carboxylic acids is 3. The van der Waals surface area contributed by atoms with E-state index < -0.39 is 17.6 Å². The van der Waals surface area contributed by atoms with E-state index in [9.17, 15) is 27.6 Å². The molecule has 3 aromatic rings. The molecular weight excluding hydrogens is 497 g/mol. The molecule has 1 saturated heterocycles. The predicted octanol–water partition coefficient (Wildman–Crippen LogP) is 5.63. The van der Waals surface area contributed by atoms with Crippen molar-refractivity contribution in [2.45, 2.75) is 25.4 Å². The number of rotatable bonds is 7. The molecule has 0 aliphatic carbocycles. The van der Waals surface area contributed by atoms with Crippen molar-refractivity contribution in [2.24, 2.45) is 0 Å². The van der Waals surface area contributed by atoms with Gasteiger partial charge in [-0.3, -0.25) is 14.4 Å². The highest BCUT2D eigenvalue weighted by Gasteiger charge is 2.30. The summed E-state index contributed by atoms with van der Waals surface area (Å²) in [5.41, 5.74) is 0.823. The van der Waals surface area contributed by atoms with Crippen LogP contribution in [0.5, 0.6) is 0 Å². The number of piperidine rings is 1. The molecule has 1 aliphatic rings. The van der Waals surface area contributed by atoms with Crippen molar-refractivity contribution < 1.29 is 27.6 Å². The Morgan fingerprint density at radius 3 is 2.05 bits per heavy atom. The highest BCUT2D eigenvalue weighted by molar-refractivity contribution is 6.05. The summed E-state index contributed by atoms with van der Waals surface area (Å²) in [6, 6.07) is 17.4. The number of nitrogens with zero attached hydrogens (tertiary/aromatic N) is 1. The number of likely N-dealkylation sites (tertiary alicyclic amines) is 1. The summed E-state index contributed by atoms with van der Waals surface area (Å²) in [7, 11) is 0. The Morgan fingerprint density at radius 2 is 1.34 bits per heavy atom. The molecule has 0 spiro atoms. The van der Waals surface area contributed by atoms with E-state index >= 15 is 0 Å². The van der Waals surface area contributed by atoms with E-state index in [-0.39, 0.29) is 29.6 Å². The first-order chi connectivity index (χ1) is 18.2. The third-order valence-electron chi connectivity index (χ3n) is 6.06. The average molecular weight is 525 g/mol. The van der Waals surface area contributed by atoms with E-state index in [1.165, 1.54) is 24.3 Å². The fraction of sp³-hybridized carbons (Fsp3) is 0.250. The Balaban J connectivity index is 1.33. The molecule has 3 aromatic carbocycles. The first kappa shape index (κ1) is 26.7. The van der Waals surface area contributed by atoms with Gasteiger partial charge in [-0.05, 0) is 73.9 Å². The van der Waals surface area contributed by atoms with E-state index in [2.05, 4.69) is 16.0 Å². The lowest BCUT2D eigenvalue weighted by Gasteiger charge is -2.26. The van der Waals surface area contributed by atoms with Crippen molar-refractivity contribution in [3.05, 3.63) is 89.5 Å². The second-order valence-electron chi connectivity index (χ2n) is 8.95. The third-order valence-corrected chi connectivity index (χ3v) is 6.06. The van der Waals surface area contributed by atoms with Gasteiger partial charge in [0.2, 0.25) is 5.91 Å². The van der Waals surface area contributed by atoms with Gasteiger partial charge in [0, 0.05) is 41.3 Å². The Bertz CT molecular complexity index is 1320. The number of nitrogens with one attached hydrogen (secondary N) is 3. The summed E-state index contributed by atoms with van der Waals surface area (Å²) >= 11 is 0. The minimum Gasteiger partial charge on any atom is -0.376 e. The van der Waals surface area contributed by atoms with Gasteiger partial charge in [0.05, 0.1) is 12.1 Å². The van der Waals surface area contributed by atoms with Gasteiger partial charge in [-0.2, -0.15) is 13.2 Å². The van der Waals surface area contributed by atoms with E-state index in [1.807, 2.05) is 4.90 Å². The van der Waals surface area contributed by atoms with E-state index in [0.29, 0.717) is 16.9 Å². The van der Waals surface area contributed by atoms with Crippen LogP contribution in [0.2, 0.25) is 0 Å². The van der Waals surface area contributed by atoms with Gasteiger partial charge in [0.1, 0.15) is 0 Å². The molecule has 0 unspecified atom stereocenters. The van der Waals surface area contributed by atoms with Gasteiger partial charge in [-0.1, -0.05) is 18.2 Å². The Kier molecular flexibility index (Phi) is 8.30. The van der Waals surface area contributed by atoms with Gasteiger partial charge in [-0.15, -0.1) is 0 Å². The molecule has 1 heterocycles. The van der Waals surface area contributed by atoms with Crippen LogP contribution in [-0.2, 0) is 11.0 Å². The summed E-state index contributed by atoms with van der Waals surface area (Å²) < 4.78 is 38.8. The molecular formula is C28H27F3N4O3. The number of alkyl halides is 3. The molecule has 0 saturated carbocycles. The monoisotopic (exact) mass is 524 g/mol. The largest absolute Gasteiger partial charge is 0.416 e. The molecule has 1 fully saturated rings. The summed E-state index contributed by atoms with van der Waals surface area (Å²) in [6.45, 7) is 1.41. The number of anilines is 3. The normalized spacial score (nSPS) is 13.5. The van der Waals surface area contributed by atoms with E-state index in [0.717, 1.165) is 44.5 Å². The lowest BCUT2D eigenvalue weighted by molar-refractivity contribution is -0.137. The third kappa shape index (κ3) is 7.12. The van der Waals surface area contributed by atoms with Gasteiger partial charge < -0.3 is 20.9 Å². The first-order valence-corrected chi connectivity index (χ1v) is 12.2. The predicted molar refractivity (Wildman–Crippen MR) is 139 cm³/mol. The highest BCUT2D eigenvalue weighted by atomic mass is 19.4. The lowest BCUT2D eigenvalue weighted by atomic mass is 10.1. The Morgan fingerprint density at radius 1 is 0.737 bits per heavy atom. The van der Waals surface area contributed by atoms with Crippen molar-refractivity contribution >= 4 is 34.8 Å². The molecule has 198 valence electrons. The molecule has 0 radical (unpaired) electrons. The van der Waals surface area contributed by atoms with Crippen LogP contribution in [0.1, 0.15) is 45.5 Å². The molecule has 4 rings (SSSR count). The summed E-state index contributed by atoms with van der Waals surface area (Å²) in [6.07, 6.45) is -1.40. The van der Waals surface area contributed by atoms with Crippen molar-refractivity contribution in [2.75, 3.05) is 35.6 Å². The molecule has 38 heavy (non-hydrogen) atoms. The topological polar surface area (TPSA) is 90.5 Å². The van der Waals surface area contributed by atoms with Crippen LogP contribution < -0.4 is 16.0 Å². The molecule has 0 atom stereocenters. The van der Waals surface area contributed by atoms with E-state index in [1.54, 1.807) is 36.4 Å². The minimum absolute atomic E-state index is 0.00413. The standard InChI is InChI=1S/C28H27F3N4O3/c29-28(30,31)21-9-6-12-24(17-21)34-26(37)19-7-4-11-23(15-19)33-25(36)18-32-22-10-5-8-20(16-22)27(38)35-13-2-1-3-14-35/h4-12,15-17,32H,1-3,13-14,18H2,(H,33,36)(H,34,37). The van der Waals surface area contributed by atoms with Gasteiger partial charge in [-0.25, -0.2) is 0 Å². The molecule has 1 aliphatic heterocycles. The van der Waals surface area contributed by atoms with Crippen molar-refractivity contribution in [3.8, 4) is 0 Å². The van der Waals surface area contributed by atoms with Gasteiger partial charge >= 0.3 is 6.18 Å². The summed E-state index contributed by atoms with van der Waals surface area (Å²) in [4.78, 5) is 39.6. The fourth-order valence-electron chi connectivity index (χ4n) is 4.14. The average Bonchev–Trinajstić information content (AvgIpc) is 2.92.